The summed E-state index contributed by atoms with van der Waals surface area (Å²) in [5.41, 5.74) is 3.18. The fourth-order valence-corrected chi connectivity index (χ4v) is 4.89. The number of aromatic amines is 1. The van der Waals surface area contributed by atoms with Crippen molar-refractivity contribution in [1.82, 2.24) is 25.1 Å². The van der Waals surface area contributed by atoms with Crippen molar-refractivity contribution in [2.24, 2.45) is 0 Å². The Balaban J connectivity index is 1.41. The van der Waals surface area contributed by atoms with E-state index in [1.807, 2.05) is 48.5 Å². The molecule has 5 aromatic rings. The number of benzene rings is 3. The van der Waals surface area contributed by atoms with E-state index in [0.717, 1.165) is 32.4 Å². The minimum absolute atomic E-state index is 0.382. The minimum atomic E-state index is -4.37. The normalized spacial score (nSPS) is 11.7. The Morgan fingerprint density at radius 3 is 2.69 bits per heavy atom. The second kappa shape index (κ2) is 10.7. The smallest absolute Gasteiger partial charge is 0.283 e. The molecule has 0 saturated carbocycles. The predicted octanol–water partition coefficient (Wildman–Crippen LogP) is 4.38. The maximum absolute atomic E-state index is 12.6. The Morgan fingerprint density at radius 2 is 1.90 bits per heavy atom. The summed E-state index contributed by atoms with van der Waals surface area (Å²) in [6.45, 7) is 2.90. The van der Waals surface area contributed by atoms with Gasteiger partial charge in [0.15, 0.2) is 12.4 Å². The summed E-state index contributed by atoms with van der Waals surface area (Å²) in [4.78, 5) is 23.2. The average molecular weight is 547 g/mol. The van der Waals surface area contributed by atoms with Crippen molar-refractivity contribution in [3.05, 3.63) is 72.9 Å². The molecular formula is C27H26N6O5S. The Hall–Kier alpha value is -4.55. The summed E-state index contributed by atoms with van der Waals surface area (Å²) in [5.74, 6) is 0.0793. The van der Waals surface area contributed by atoms with Crippen LogP contribution in [0.1, 0.15) is 13.8 Å². The molecule has 3 aromatic carbocycles. The summed E-state index contributed by atoms with van der Waals surface area (Å²) in [5, 5.41) is 12.2. The first-order valence-corrected chi connectivity index (χ1v) is 13.7. The van der Waals surface area contributed by atoms with Crippen LogP contribution in [0.5, 0.6) is 5.75 Å². The molecule has 0 aliphatic heterocycles. The van der Waals surface area contributed by atoms with Crippen molar-refractivity contribution in [1.29, 1.82) is 0 Å². The summed E-state index contributed by atoms with van der Waals surface area (Å²) >= 11 is 0. The zero-order valence-corrected chi connectivity index (χ0v) is 22.0. The number of aromatic nitrogens is 4. The van der Waals surface area contributed by atoms with E-state index in [1.165, 1.54) is 0 Å². The lowest BCUT2D eigenvalue weighted by atomic mass is 10.1. The highest BCUT2D eigenvalue weighted by atomic mass is 32.2. The molecule has 1 amide bonds. The number of amides is 1. The summed E-state index contributed by atoms with van der Waals surface area (Å²) in [6, 6.07) is 20.0. The fraction of sp³-hybridized carbons (Fsp3) is 0.185. The highest BCUT2D eigenvalue weighted by Gasteiger charge is 2.23. The van der Waals surface area contributed by atoms with Gasteiger partial charge in [0, 0.05) is 28.1 Å². The maximum atomic E-state index is 12.6. The SMILES string of the molecule is CC(C)N(CS(=O)(=O)O)C(=O)COc1cccc(-c2nc(Nc3ccc4[nH]ncc4c3)c3ccccc3n2)c1. The molecule has 0 aliphatic carbocycles. The van der Waals surface area contributed by atoms with Crippen LogP contribution >= 0.6 is 0 Å². The van der Waals surface area contributed by atoms with E-state index in [2.05, 4.69) is 15.5 Å². The molecule has 200 valence electrons. The van der Waals surface area contributed by atoms with Crippen LogP contribution in [0.15, 0.2) is 72.9 Å². The fourth-order valence-electron chi connectivity index (χ4n) is 4.10. The minimum Gasteiger partial charge on any atom is -0.484 e. The van der Waals surface area contributed by atoms with Gasteiger partial charge in [-0.15, -0.1) is 0 Å². The first kappa shape index (κ1) is 26.1. The molecule has 0 saturated heterocycles. The number of nitrogens with zero attached hydrogens (tertiary/aromatic N) is 4. The largest absolute Gasteiger partial charge is 0.484 e. The number of fused-ring (bicyclic) bond motifs is 2. The van der Waals surface area contributed by atoms with Gasteiger partial charge in [0.25, 0.3) is 16.0 Å². The average Bonchev–Trinajstić information content (AvgIpc) is 3.38. The van der Waals surface area contributed by atoms with Crippen LogP contribution in [-0.2, 0) is 14.9 Å². The molecular weight excluding hydrogens is 520 g/mol. The first-order valence-electron chi connectivity index (χ1n) is 12.1. The quantitative estimate of drug-likeness (QED) is 0.229. The van der Waals surface area contributed by atoms with E-state index in [-0.39, 0.29) is 0 Å². The van der Waals surface area contributed by atoms with Crippen molar-refractivity contribution in [2.75, 3.05) is 17.8 Å². The second-order valence-electron chi connectivity index (χ2n) is 9.19. The Kier molecular flexibility index (Phi) is 7.13. The highest BCUT2D eigenvalue weighted by Crippen LogP contribution is 2.29. The topological polar surface area (TPSA) is 150 Å². The highest BCUT2D eigenvalue weighted by molar-refractivity contribution is 7.85. The third-order valence-corrected chi connectivity index (χ3v) is 6.61. The molecule has 0 atom stereocenters. The van der Waals surface area contributed by atoms with Gasteiger partial charge >= 0.3 is 0 Å². The lowest BCUT2D eigenvalue weighted by Gasteiger charge is -2.25. The zero-order chi connectivity index (χ0) is 27.6. The molecule has 5 rings (SSSR count). The van der Waals surface area contributed by atoms with Gasteiger partial charge in [0.05, 0.1) is 17.2 Å². The molecule has 12 heteroatoms. The van der Waals surface area contributed by atoms with Gasteiger partial charge in [-0.05, 0) is 56.3 Å². The van der Waals surface area contributed by atoms with Gasteiger partial charge in [-0.25, -0.2) is 9.97 Å². The zero-order valence-electron chi connectivity index (χ0n) is 21.2. The maximum Gasteiger partial charge on any atom is 0.283 e. The molecule has 0 bridgehead atoms. The number of rotatable bonds is 9. The van der Waals surface area contributed by atoms with E-state index in [1.54, 1.807) is 38.2 Å². The Labute approximate surface area is 224 Å². The summed E-state index contributed by atoms with van der Waals surface area (Å²) in [7, 11) is -4.37. The van der Waals surface area contributed by atoms with Crippen molar-refractivity contribution in [3.63, 3.8) is 0 Å². The summed E-state index contributed by atoms with van der Waals surface area (Å²) < 4.78 is 37.5. The van der Waals surface area contributed by atoms with Gasteiger partial charge in [-0.1, -0.05) is 24.3 Å². The Morgan fingerprint density at radius 1 is 1.08 bits per heavy atom. The molecule has 11 nitrogen and oxygen atoms in total. The lowest BCUT2D eigenvalue weighted by Crippen LogP contribution is -2.43. The number of nitrogens with one attached hydrogen (secondary N) is 2. The van der Waals surface area contributed by atoms with Crippen LogP contribution < -0.4 is 10.1 Å². The van der Waals surface area contributed by atoms with Crippen LogP contribution in [-0.4, -0.2) is 62.5 Å². The van der Waals surface area contributed by atoms with E-state index in [9.17, 15) is 17.8 Å². The number of hydrogen-bond acceptors (Lipinski definition) is 8. The standard InChI is InChI=1S/C27H26N6O5S/c1-17(2)33(16-39(35,36)37)25(34)15-38-21-7-5-6-18(13-21)26-30-24-9-4-3-8-22(24)27(31-26)29-20-10-11-23-19(12-20)14-28-32-23/h3-14,17H,15-16H2,1-2H3,(H,28,32)(H,29,30,31)(H,35,36,37). The van der Waals surface area contributed by atoms with Crippen molar-refractivity contribution in [2.45, 2.75) is 19.9 Å². The van der Waals surface area contributed by atoms with E-state index < -0.39 is 34.6 Å². The molecule has 0 radical (unpaired) electrons. The third kappa shape index (κ3) is 6.13. The second-order valence-corrected chi connectivity index (χ2v) is 10.6. The molecule has 0 aliphatic rings. The van der Waals surface area contributed by atoms with Gasteiger partial charge in [0.2, 0.25) is 0 Å². The Bertz CT molecular complexity index is 1770. The lowest BCUT2D eigenvalue weighted by molar-refractivity contribution is -0.134. The van der Waals surface area contributed by atoms with Gasteiger partial charge in [0.1, 0.15) is 17.4 Å². The van der Waals surface area contributed by atoms with Crippen LogP contribution in [0.3, 0.4) is 0 Å². The molecule has 2 aromatic heterocycles. The van der Waals surface area contributed by atoms with Crippen LogP contribution in [0.4, 0.5) is 11.5 Å². The van der Waals surface area contributed by atoms with Crippen molar-refractivity contribution < 1.29 is 22.5 Å². The molecule has 39 heavy (non-hydrogen) atoms. The number of anilines is 2. The van der Waals surface area contributed by atoms with Crippen molar-refractivity contribution in [3.8, 4) is 17.1 Å². The van der Waals surface area contributed by atoms with Crippen LogP contribution in [0.25, 0.3) is 33.2 Å². The monoisotopic (exact) mass is 546 g/mol. The van der Waals surface area contributed by atoms with E-state index in [4.69, 9.17) is 14.7 Å². The van der Waals surface area contributed by atoms with E-state index in [0.29, 0.717) is 23.0 Å². The first-order chi connectivity index (χ1) is 18.7. The molecule has 0 fully saturated rings. The number of H-pyrrole nitrogens is 1. The number of ether oxygens (including phenoxy) is 1. The van der Waals surface area contributed by atoms with Crippen LogP contribution in [0, 0.1) is 0 Å². The van der Waals surface area contributed by atoms with E-state index >= 15 is 0 Å². The molecule has 2 heterocycles. The third-order valence-electron chi connectivity index (χ3n) is 6.01. The van der Waals surface area contributed by atoms with Gasteiger partial charge in [-0.2, -0.15) is 13.5 Å². The molecule has 0 spiro atoms. The summed E-state index contributed by atoms with van der Waals surface area (Å²) in [6.07, 6.45) is 1.75. The molecule has 0 unspecified atom stereocenters. The number of carbonyl (C=O) groups is 1. The number of carbonyl (C=O) groups excluding carboxylic acids is 1. The van der Waals surface area contributed by atoms with Gasteiger partial charge in [-0.3, -0.25) is 14.4 Å². The van der Waals surface area contributed by atoms with Gasteiger partial charge < -0.3 is 15.0 Å². The van der Waals surface area contributed by atoms with Crippen molar-refractivity contribution >= 4 is 49.3 Å². The number of hydrogen-bond donors (Lipinski definition) is 3. The number of para-hydroxylation sites is 1. The molecule has 3 N–H and O–H groups in total. The predicted molar refractivity (Wildman–Crippen MR) is 148 cm³/mol. The van der Waals surface area contributed by atoms with Crippen LogP contribution in [0.2, 0.25) is 0 Å².